The van der Waals surface area contributed by atoms with Gasteiger partial charge in [-0.1, -0.05) is 100 Å². The monoisotopic (exact) mass is 629 g/mol. The summed E-state index contributed by atoms with van der Waals surface area (Å²) in [6.07, 6.45) is -0.0913. The van der Waals surface area contributed by atoms with E-state index in [0.717, 1.165) is 16.8 Å². The van der Waals surface area contributed by atoms with Gasteiger partial charge < -0.3 is 10.2 Å². The zero-order valence-corrected chi connectivity index (χ0v) is 27.6. The summed E-state index contributed by atoms with van der Waals surface area (Å²) >= 11 is 12.7. The molecule has 0 saturated carbocycles. The van der Waals surface area contributed by atoms with E-state index in [1.54, 1.807) is 21.7 Å². The third-order valence-electron chi connectivity index (χ3n) is 8.89. The molecule has 9 heteroatoms. The standard InChI is InChI=1S/C35H37Cl2N5O2/c1-20(22-8-10-25(36)11-9-22)42-31-30(39-40-42)35(18-29(43)38-31)27-17-26(37)12-13-28(27)41(32(35)44)19-21-14-23(33(2,3)4)16-24(15-21)34(5,6)7/h8-17,20H,18-19H2,1-7H3,(H,38,43)/t20-,35+/m0/s1. The van der Waals surface area contributed by atoms with Crippen molar-refractivity contribution in [2.24, 2.45) is 0 Å². The molecule has 2 aliphatic rings. The normalized spacial score (nSPS) is 18.8. The lowest BCUT2D eigenvalue weighted by Gasteiger charge is -2.32. The Bertz CT molecular complexity index is 1770. The number of aromatic nitrogens is 3. The second-order valence-corrected chi connectivity index (χ2v) is 14.9. The van der Waals surface area contributed by atoms with Crippen molar-refractivity contribution in [2.75, 3.05) is 10.2 Å². The van der Waals surface area contributed by atoms with Crippen LogP contribution in [0.4, 0.5) is 11.5 Å². The van der Waals surface area contributed by atoms with Crippen molar-refractivity contribution < 1.29 is 9.59 Å². The van der Waals surface area contributed by atoms with Crippen LogP contribution in [0, 0.1) is 0 Å². The molecule has 0 radical (unpaired) electrons. The van der Waals surface area contributed by atoms with E-state index in [2.05, 4.69) is 75.4 Å². The average molecular weight is 631 g/mol. The van der Waals surface area contributed by atoms with E-state index in [1.807, 2.05) is 37.3 Å². The highest BCUT2D eigenvalue weighted by molar-refractivity contribution is 6.31. The average Bonchev–Trinajstić information content (AvgIpc) is 3.46. The number of hydrogen-bond donors (Lipinski definition) is 1. The first-order valence-electron chi connectivity index (χ1n) is 14.9. The number of carbonyl (C=O) groups excluding carboxylic acids is 2. The van der Waals surface area contributed by atoms with E-state index in [0.29, 0.717) is 33.7 Å². The Morgan fingerprint density at radius 2 is 1.50 bits per heavy atom. The fraction of sp³-hybridized carbons (Fsp3) is 0.371. The van der Waals surface area contributed by atoms with Crippen molar-refractivity contribution in [3.63, 3.8) is 0 Å². The largest absolute Gasteiger partial charge is 0.309 e. The first-order valence-corrected chi connectivity index (χ1v) is 15.6. The van der Waals surface area contributed by atoms with Crippen molar-refractivity contribution in [1.29, 1.82) is 0 Å². The van der Waals surface area contributed by atoms with Crippen LogP contribution in [0.5, 0.6) is 0 Å². The van der Waals surface area contributed by atoms with E-state index in [1.165, 1.54) is 11.1 Å². The quantitative estimate of drug-likeness (QED) is 0.248. The SMILES string of the molecule is C[C@@H](c1ccc(Cl)cc1)n1nnc2c1NC(=O)C[C@]21C(=O)N(Cc2cc(C(C)(C)C)cc(C(C)(C)C)c2)c2ccc(Cl)cc21. The molecule has 0 fully saturated rings. The number of benzene rings is 3. The van der Waals surface area contributed by atoms with Crippen molar-refractivity contribution in [1.82, 2.24) is 15.0 Å². The van der Waals surface area contributed by atoms with Crippen LogP contribution >= 0.6 is 23.2 Å². The van der Waals surface area contributed by atoms with E-state index in [4.69, 9.17) is 23.2 Å². The summed E-state index contributed by atoms with van der Waals surface area (Å²) in [4.78, 5) is 30.1. The van der Waals surface area contributed by atoms with Crippen LogP contribution < -0.4 is 10.2 Å². The highest BCUT2D eigenvalue weighted by Crippen LogP contribution is 2.53. The first kappa shape index (κ1) is 30.4. The molecule has 44 heavy (non-hydrogen) atoms. The number of halogens is 2. The second-order valence-electron chi connectivity index (χ2n) is 14.1. The Labute approximate surface area is 268 Å². The Kier molecular flexibility index (Phi) is 7.21. The predicted octanol–water partition coefficient (Wildman–Crippen LogP) is 7.96. The molecule has 3 aromatic carbocycles. The fourth-order valence-corrected chi connectivity index (χ4v) is 6.58. The van der Waals surface area contributed by atoms with Crippen LogP contribution in [0.25, 0.3) is 0 Å². The Morgan fingerprint density at radius 3 is 2.11 bits per heavy atom. The molecule has 2 amide bonds. The summed E-state index contributed by atoms with van der Waals surface area (Å²) < 4.78 is 1.67. The lowest BCUT2D eigenvalue weighted by atomic mass is 9.73. The number of amides is 2. The molecule has 0 bridgehead atoms. The van der Waals surface area contributed by atoms with Gasteiger partial charge in [0.05, 0.1) is 19.0 Å². The third kappa shape index (κ3) is 5.00. The van der Waals surface area contributed by atoms with Gasteiger partial charge >= 0.3 is 0 Å². The van der Waals surface area contributed by atoms with Gasteiger partial charge in [0.15, 0.2) is 5.82 Å². The molecule has 0 unspecified atom stereocenters. The molecule has 0 saturated heterocycles. The lowest BCUT2D eigenvalue weighted by molar-refractivity contribution is -0.126. The molecule has 3 heterocycles. The molecule has 1 aromatic heterocycles. The van der Waals surface area contributed by atoms with Gasteiger partial charge in [-0.3, -0.25) is 9.59 Å². The van der Waals surface area contributed by atoms with Gasteiger partial charge in [0.25, 0.3) is 0 Å². The topological polar surface area (TPSA) is 80.1 Å². The van der Waals surface area contributed by atoms with Crippen LogP contribution in [0.3, 0.4) is 0 Å². The van der Waals surface area contributed by atoms with Gasteiger partial charge in [-0.05, 0) is 75.9 Å². The molecule has 1 N–H and O–H groups in total. The number of nitrogens with one attached hydrogen (secondary N) is 1. The number of hydrogen-bond acceptors (Lipinski definition) is 4. The molecule has 6 rings (SSSR count). The summed E-state index contributed by atoms with van der Waals surface area (Å²) in [6.45, 7) is 15.5. The summed E-state index contributed by atoms with van der Waals surface area (Å²) in [7, 11) is 0. The molecule has 0 aliphatic carbocycles. The summed E-state index contributed by atoms with van der Waals surface area (Å²) in [5, 5.41) is 13.1. The third-order valence-corrected chi connectivity index (χ3v) is 9.37. The number of nitrogens with zero attached hydrogens (tertiary/aromatic N) is 4. The number of anilines is 2. The van der Waals surface area contributed by atoms with Gasteiger partial charge in [-0.15, -0.1) is 5.10 Å². The van der Waals surface area contributed by atoms with Gasteiger partial charge in [0, 0.05) is 15.7 Å². The van der Waals surface area contributed by atoms with Gasteiger partial charge in [0.1, 0.15) is 11.1 Å². The van der Waals surface area contributed by atoms with Gasteiger partial charge in [-0.25, -0.2) is 4.68 Å². The Morgan fingerprint density at radius 1 is 0.886 bits per heavy atom. The Balaban J connectivity index is 1.48. The first-order chi connectivity index (χ1) is 20.6. The fourth-order valence-electron chi connectivity index (χ4n) is 6.28. The molecular weight excluding hydrogens is 593 g/mol. The minimum Gasteiger partial charge on any atom is -0.309 e. The second kappa shape index (κ2) is 10.5. The molecule has 7 nitrogen and oxygen atoms in total. The lowest BCUT2D eigenvalue weighted by Crippen LogP contribution is -2.47. The van der Waals surface area contributed by atoms with Crippen molar-refractivity contribution in [2.45, 2.75) is 83.7 Å². The minimum absolute atomic E-state index is 0.0761. The molecule has 228 valence electrons. The zero-order valence-electron chi connectivity index (χ0n) is 26.1. The number of rotatable bonds is 4. The number of fused-ring (bicyclic) bond motifs is 4. The van der Waals surface area contributed by atoms with E-state index >= 15 is 0 Å². The van der Waals surface area contributed by atoms with Gasteiger partial charge in [0.2, 0.25) is 11.8 Å². The van der Waals surface area contributed by atoms with Crippen LogP contribution in [-0.4, -0.2) is 26.8 Å². The zero-order chi connectivity index (χ0) is 31.8. The summed E-state index contributed by atoms with van der Waals surface area (Å²) in [5.41, 5.74) is 4.67. The van der Waals surface area contributed by atoms with Crippen molar-refractivity contribution in [3.8, 4) is 0 Å². The minimum atomic E-state index is -1.36. The molecule has 2 atom stereocenters. The van der Waals surface area contributed by atoms with E-state index in [-0.39, 0.29) is 35.1 Å². The number of carbonyl (C=O) groups is 2. The highest BCUT2D eigenvalue weighted by Gasteiger charge is 2.58. The predicted molar refractivity (Wildman–Crippen MR) is 176 cm³/mol. The summed E-state index contributed by atoms with van der Waals surface area (Å²) in [5.74, 6) is -0.0830. The molecule has 4 aromatic rings. The maximum Gasteiger partial charge on any atom is 0.244 e. The molecule has 2 aliphatic heterocycles. The maximum absolute atomic E-state index is 14.8. The van der Waals surface area contributed by atoms with Crippen LogP contribution in [0.1, 0.15) is 94.4 Å². The van der Waals surface area contributed by atoms with Crippen LogP contribution in [0.15, 0.2) is 60.7 Å². The Hall–Kier alpha value is -3.68. The highest BCUT2D eigenvalue weighted by atomic mass is 35.5. The smallest absolute Gasteiger partial charge is 0.244 e. The van der Waals surface area contributed by atoms with Gasteiger partial charge in [-0.2, -0.15) is 0 Å². The molecular formula is C35H37Cl2N5O2. The van der Waals surface area contributed by atoms with E-state index < -0.39 is 5.41 Å². The van der Waals surface area contributed by atoms with Crippen LogP contribution in [0.2, 0.25) is 10.0 Å². The molecule has 1 spiro atoms. The van der Waals surface area contributed by atoms with Crippen LogP contribution in [-0.2, 0) is 32.4 Å². The maximum atomic E-state index is 14.8. The van der Waals surface area contributed by atoms with Crippen molar-refractivity contribution in [3.05, 3.63) is 104 Å². The van der Waals surface area contributed by atoms with Crippen molar-refractivity contribution >= 4 is 46.5 Å². The van der Waals surface area contributed by atoms with E-state index in [9.17, 15) is 9.59 Å². The summed E-state index contributed by atoms with van der Waals surface area (Å²) in [6, 6.07) is 19.3.